The molecular weight excluding hydrogens is 370 g/mol. The van der Waals surface area contributed by atoms with Gasteiger partial charge in [0.15, 0.2) is 11.5 Å². The summed E-state index contributed by atoms with van der Waals surface area (Å²) < 4.78 is 5.82. The second-order valence-corrected chi connectivity index (χ2v) is 7.11. The minimum atomic E-state index is -0.0908. The average Bonchev–Trinajstić information content (AvgIpc) is 3.22. The molecule has 0 spiro atoms. The molecule has 142 valence electrons. The third kappa shape index (κ3) is 4.37. The van der Waals surface area contributed by atoms with Crippen LogP contribution in [0.15, 0.2) is 86.2 Å². The van der Waals surface area contributed by atoms with E-state index < -0.39 is 0 Å². The highest BCUT2D eigenvalue weighted by molar-refractivity contribution is 7.99. The topological polar surface area (TPSA) is 82.2 Å². The molecule has 2 N–H and O–H groups in total. The third-order valence-corrected chi connectivity index (χ3v) is 4.89. The largest absolute Gasteiger partial charge is 0.417 e. The van der Waals surface area contributed by atoms with E-state index in [1.807, 2.05) is 55.5 Å². The molecule has 0 saturated carbocycles. The zero-order valence-electron chi connectivity index (χ0n) is 15.8. The highest BCUT2D eigenvalue weighted by atomic mass is 32.2. The van der Waals surface area contributed by atoms with E-state index in [2.05, 4.69) is 40.2 Å². The lowest BCUT2D eigenvalue weighted by molar-refractivity contribution is 0.412. The Balaban J connectivity index is 1.96. The van der Waals surface area contributed by atoms with E-state index in [4.69, 9.17) is 10.1 Å². The molecule has 0 unspecified atom stereocenters. The minimum Gasteiger partial charge on any atom is -0.417 e. The van der Waals surface area contributed by atoms with Crippen molar-refractivity contribution in [2.45, 2.75) is 18.7 Å². The first-order valence-electron chi connectivity index (χ1n) is 8.78. The van der Waals surface area contributed by atoms with Crippen LogP contribution in [0.3, 0.4) is 0 Å². The van der Waals surface area contributed by atoms with Crippen LogP contribution in [0, 0.1) is 5.41 Å². The van der Waals surface area contributed by atoms with Crippen molar-refractivity contribution in [3.05, 3.63) is 77.3 Å². The van der Waals surface area contributed by atoms with Crippen LogP contribution in [0.2, 0.25) is 0 Å². The summed E-state index contributed by atoms with van der Waals surface area (Å²) >= 11 is 1.75. The SMILES string of the molecule is C=NC(=N)C(N=C(C)c1ccccc1SCC)=C1NN=C(c2ccccc2)O1. The molecule has 0 aromatic heterocycles. The second kappa shape index (κ2) is 9.14. The fourth-order valence-electron chi connectivity index (χ4n) is 2.61. The smallest absolute Gasteiger partial charge is 0.245 e. The quantitative estimate of drug-likeness (QED) is 0.434. The van der Waals surface area contributed by atoms with Gasteiger partial charge >= 0.3 is 0 Å². The van der Waals surface area contributed by atoms with Gasteiger partial charge in [-0.25, -0.2) is 15.4 Å². The Morgan fingerprint density at radius 2 is 1.89 bits per heavy atom. The molecule has 0 bridgehead atoms. The Morgan fingerprint density at radius 1 is 1.18 bits per heavy atom. The van der Waals surface area contributed by atoms with E-state index >= 15 is 0 Å². The van der Waals surface area contributed by atoms with Crippen molar-refractivity contribution in [3.8, 4) is 0 Å². The van der Waals surface area contributed by atoms with Crippen molar-refractivity contribution in [1.82, 2.24) is 5.43 Å². The van der Waals surface area contributed by atoms with E-state index in [-0.39, 0.29) is 17.4 Å². The highest BCUT2D eigenvalue weighted by Crippen LogP contribution is 2.24. The molecule has 1 aliphatic rings. The molecule has 0 fully saturated rings. The molecule has 0 amide bonds. The number of aliphatic imine (C=N–C) groups is 2. The number of ether oxygens (including phenoxy) is 1. The van der Waals surface area contributed by atoms with Crippen molar-refractivity contribution in [2.75, 3.05) is 5.75 Å². The zero-order chi connectivity index (χ0) is 19.9. The van der Waals surface area contributed by atoms with Crippen LogP contribution in [0.5, 0.6) is 0 Å². The Bertz CT molecular complexity index is 979. The van der Waals surface area contributed by atoms with E-state index in [0.717, 1.165) is 27.5 Å². The summed E-state index contributed by atoms with van der Waals surface area (Å²) in [6, 6.07) is 17.6. The van der Waals surface area contributed by atoms with Gasteiger partial charge in [0.25, 0.3) is 0 Å². The summed E-state index contributed by atoms with van der Waals surface area (Å²) in [5.41, 5.74) is 5.66. The summed E-state index contributed by atoms with van der Waals surface area (Å²) in [5, 5.41) is 12.4. The van der Waals surface area contributed by atoms with Crippen LogP contribution in [-0.2, 0) is 4.74 Å². The predicted molar refractivity (Wildman–Crippen MR) is 117 cm³/mol. The summed E-state index contributed by atoms with van der Waals surface area (Å²) in [6.45, 7) is 7.47. The summed E-state index contributed by atoms with van der Waals surface area (Å²) in [7, 11) is 0. The lowest BCUT2D eigenvalue weighted by Crippen LogP contribution is -2.11. The molecule has 6 nitrogen and oxygen atoms in total. The zero-order valence-corrected chi connectivity index (χ0v) is 16.6. The van der Waals surface area contributed by atoms with E-state index in [0.29, 0.717) is 5.90 Å². The van der Waals surface area contributed by atoms with Crippen LogP contribution in [-0.4, -0.2) is 29.9 Å². The maximum Gasteiger partial charge on any atom is 0.245 e. The monoisotopic (exact) mass is 391 g/mol. The number of hydrogen-bond donors (Lipinski definition) is 2. The van der Waals surface area contributed by atoms with Crippen molar-refractivity contribution in [2.24, 2.45) is 15.1 Å². The predicted octanol–water partition coefficient (Wildman–Crippen LogP) is 4.44. The summed E-state index contributed by atoms with van der Waals surface area (Å²) in [4.78, 5) is 9.50. The standard InChI is InChI=1S/C21H21N5OS/c1-4-28-17-13-9-8-12-16(17)14(2)24-18(19(22)23-3)21-26-25-20(27-21)15-10-6-5-7-11-15/h5-13,22,26H,3-4H2,1-2H3. The molecule has 2 aromatic carbocycles. The minimum absolute atomic E-state index is 0.0908. The number of nitrogens with one attached hydrogen (secondary N) is 2. The van der Waals surface area contributed by atoms with Crippen molar-refractivity contribution < 1.29 is 4.74 Å². The van der Waals surface area contributed by atoms with E-state index in [1.165, 1.54) is 0 Å². The number of hydrazone groups is 1. The Labute approximate surface area is 168 Å². The lowest BCUT2D eigenvalue weighted by Gasteiger charge is -2.10. The van der Waals surface area contributed by atoms with Crippen LogP contribution in [0.1, 0.15) is 25.0 Å². The van der Waals surface area contributed by atoms with Gasteiger partial charge in [-0.1, -0.05) is 43.3 Å². The second-order valence-electron chi connectivity index (χ2n) is 5.81. The first-order chi connectivity index (χ1) is 13.6. The first-order valence-corrected chi connectivity index (χ1v) is 9.77. The van der Waals surface area contributed by atoms with Gasteiger partial charge in [0.05, 0.1) is 0 Å². The lowest BCUT2D eigenvalue weighted by atomic mass is 10.1. The molecule has 0 atom stereocenters. The Hall–Kier alpha value is -3.19. The van der Waals surface area contributed by atoms with Crippen molar-refractivity contribution in [3.63, 3.8) is 0 Å². The average molecular weight is 392 g/mol. The van der Waals surface area contributed by atoms with Gasteiger partial charge in [-0.3, -0.25) is 5.41 Å². The maximum atomic E-state index is 8.15. The van der Waals surface area contributed by atoms with Crippen LogP contribution in [0.25, 0.3) is 0 Å². The maximum absolute atomic E-state index is 8.15. The number of benzene rings is 2. The fourth-order valence-corrected chi connectivity index (χ4v) is 3.47. The fraction of sp³-hybridized carbons (Fsp3) is 0.143. The van der Waals surface area contributed by atoms with Crippen LogP contribution < -0.4 is 5.43 Å². The van der Waals surface area contributed by atoms with Gasteiger partial charge in [-0.15, -0.1) is 16.9 Å². The van der Waals surface area contributed by atoms with Crippen molar-refractivity contribution in [1.29, 1.82) is 5.41 Å². The van der Waals surface area contributed by atoms with Crippen LogP contribution in [0.4, 0.5) is 0 Å². The Morgan fingerprint density at radius 3 is 2.61 bits per heavy atom. The number of nitrogens with zero attached hydrogens (tertiary/aromatic N) is 3. The van der Waals surface area contributed by atoms with Gasteiger partial charge in [0, 0.05) is 21.7 Å². The molecule has 3 rings (SSSR count). The molecular formula is C21H21N5OS. The molecule has 2 aromatic rings. The van der Waals surface area contributed by atoms with Gasteiger partial charge in [-0.05, 0) is 37.6 Å². The molecule has 28 heavy (non-hydrogen) atoms. The molecule has 0 radical (unpaired) electrons. The third-order valence-electron chi connectivity index (χ3n) is 3.93. The molecule has 1 heterocycles. The van der Waals surface area contributed by atoms with Gasteiger partial charge in [0.1, 0.15) is 0 Å². The number of rotatable bonds is 6. The first kappa shape index (κ1) is 19.6. The van der Waals surface area contributed by atoms with Crippen LogP contribution >= 0.6 is 11.8 Å². The summed E-state index contributed by atoms with van der Waals surface area (Å²) in [6.07, 6.45) is 0. The number of thioether (sulfide) groups is 1. The molecule has 1 aliphatic heterocycles. The van der Waals surface area contributed by atoms with E-state index in [1.54, 1.807) is 11.8 Å². The highest BCUT2D eigenvalue weighted by Gasteiger charge is 2.22. The Kier molecular flexibility index (Phi) is 6.39. The van der Waals surface area contributed by atoms with E-state index in [9.17, 15) is 0 Å². The van der Waals surface area contributed by atoms with Gasteiger partial charge in [0.2, 0.25) is 11.8 Å². The number of hydrogen-bond acceptors (Lipinski definition) is 6. The summed E-state index contributed by atoms with van der Waals surface area (Å²) in [5.74, 6) is 1.55. The molecule has 0 saturated heterocycles. The van der Waals surface area contributed by atoms with Crippen molar-refractivity contribution >= 4 is 35.9 Å². The molecule has 7 heteroatoms. The molecule has 0 aliphatic carbocycles. The van der Waals surface area contributed by atoms with Gasteiger partial charge in [-0.2, -0.15) is 0 Å². The normalized spacial score (nSPS) is 15.4. The number of amidine groups is 1. The van der Waals surface area contributed by atoms with Gasteiger partial charge < -0.3 is 4.74 Å².